The number of hydrogen-bond acceptors (Lipinski definition) is 5. The largest absolute Gasteiger partial charge is 0.361 e. The summed E-state index contributed by atoms with van der Waals surface area (Å²) in [6, 6.07) is 5.42. The van der Waals surface area contributed by atoms with Gasteiger partial charge >= 0.3 is 0 Å². The Balaban J connectivity index is 1.74. The minimum Gasteiger partial charge on any atom is -0.361 e. The van der Waals surface area contributed by atoms with Gasteiger partial charge in [0, 0.05) is 58.8 Å². The number of aromatic nitrogens is 3. The fourth-order valence-electron chi connectivity index (χ4n) is 3.18. The summed E-state index contributed by atoms with van der Waals surface area (Å²) in [4.78, 5) is 11.9. The fourth-order valence-corrected chi connectivity index (χ4v) is 3.94. The molecule has 28 heavy (non-hydrogen) atoms. The van der Waals surface area contributed by atoms with Crippen LogP contribution in [-0.4, -0.2) is 55.4 Å². The van der Waals surface area contributed by atoms with Crippen molar-refractivity contribution in [3.8, 4) is 11.4 Å². The first-order valence-electron chi connectivity index (χ1n) is 10.4. The molecule has 1 fully saturated rings. The molecule has 1 N–H and O–H groups in total. The Morgan fingerprint density at radius 2 is 1.93 bits per heavy atom. The molecular formula is C21H35N5OSi. The van der Waals surface area contributed by atoms with Crippen molar-refractivity contribution >= 4 is 13.9 Å². The van der Waals surface area contributed by atoms with Gasteiger partial charge in [-0.2, -0.15) is 0 Å². The Morgan fingerprint density at radius 1 is 1.18 bits per heavy atom. The summed E-state index contributed by atoms with van der Waals surface area (Å²) in [7, 11) is -1.08. The topological polar surface area (TPSA) is 55.2 Å². The number of piperazine rings is 1. The summed E-state index contributed by atoms with van der Waals surface area (Å²) in [5.41, 5.74) is 2.13. The summed E-state index contributed by atoms with van der Waals surface area (Å²) in [5, 5.41) is 3.38. The molecule has 6 nitrogen and oxygen atoms in total. The van der Waals surface area contributed by atoms with Crippen molar-refractivity contribution in [1.29, 1.82) is 0 Å². The highest BCUT2D eigenvalue weighted by atomic mass is 28.3. The van der Waals surface area contributed by atoms with E-state index in [1.54, 1.807) is 0 Å². The lowest BCUT2D eigenvalue weighted by molar-refractivity contribution is 0.0882. The van der Waals surface area contributed by atoms with Crippen LogP contribution in [0, 0.1) is 0 Å². The highest BCUT2D eigenvalue weighted by Gasteiger charge is 2.16. The first-order valence-corrected chi connectivity index (χ1v) is 14.1. The lowest BCUT2D eigenvalue weighted by Gasteiger charge is -2.28. The van der Waals surface area contributed by atoms with Gasteiger partial charge in [-0.3, -0.25) is 0 Å². The Morgan fingerprint density at radius 3 is 2.54 bits per heavy atom. The highest BCUT2D eigenvalue weighted by molar-refractivity contribution is 6.76. The molecule has 1 saturated heterocycles. The Hall–Kier alpha value is -1.70. The molecule has 0 saturated carbocycles. The SMILES string of the molecule is CC(C)c1cn(COCC[Si](C)(C)C)c(-c2ccc(N3CCNCC3)nc2)n1. The molecule has 7 heteroatoms. The average Bonchev–Trinajstić information content (AvgIpc) is 3.10. The van der Waals surface area contributed by atoms with Crippen LogP contribution in [0.25, 0.3) is 11.4 Å². The van der Waals surface area contributed by atoms with E-state index in [1.165, 1.54) is 6.04 Å². The zero-order valence-electron chi connectivity index (χ0n) is 18.0. The number of pyridine rings is 1. The van der Waals surface area contributed by atoms with Crippen molar-refractivity contribution in [2.75, 3.05) is 37.7 Å². The van der Waals surface area contributed by atoms with Gasteiger partial charge in [0.2, 0.25) is 0 Å². The predicted molar refractivity (Wildman–Crippen MR) is 119 cm³/mol. The molecule has 2 aromatic rings. The van der Waals surface area contributed by atoms with Gasteiger partial charge in [0.05, 0.1) is 5.69 Å². The molecule has 0 atom stereocenters. The van der Waals surface area contributed by atoms with E-state index >= 15 is 0 Å². The van der Waals surface area contributed by atoms with E-state index in [4.69, 9.17) is 14.7 Å². The number of ether oxygens (including phenoxy) is 1. The second-order valence-electron chi connectivity index (χ2n) is 9.10. The van der Waals surface area contributed by atoms with Gasteiger partial charge in [0.1, 0.15) is 18.4 Å². The molecule has 2 aromatic heterocycles. The van der Waals surface area contributed by atoms with Crippen molar-refractivity contribution in [3.05, 3.63) is 30.2 Å². The molecule has 0 aromatic carbocycles. The van der Waals surface area contributed by atoms with E-state index in [0.717, 1.165) is 55.7 Å². The second-order valence-corrected chi connectivity index (χ2v) is 14.7. The third-order valence-corrected chi connectivity index (χ3v) is 6.76. The number of anilines is 1. The molecule has 0 aliphatic carbocycles. The number of nitrogens with zero attached hydrogens (tertiary/aromatic N) is 4. The summed E-state index contributed by atoms with van der Waals surface area (Å²) < 4.78 is 8.12. The van der Waals surface area contributed by atoms with Crippen LogP contribution in [0.4, 0.5) is 5.82 Å². The summed E-state index contributed by atoms with van der Waals surface area (Å²) >= 11 is 0. The third-order valence-electron chi connectivity index (χ3n) is 5.06. The quantitative estimate of drug-likeness (QED) is 0.539. The molecule has 1 aliphatic heterocycles. The summed E-state index contributed by atoms with van der Waals surface area (Å²) in [5.74, 6) is 2.37. The first-order chi connectivity index (χ1) is 13.3. The Labute approximate surface area is 170 Å². The molecule has 0 spiro atoms. The molecule has 3 heterocycles. The standard InChI is InChI=1S/C21H35N5OSi/c1-17(2)19-15-26(16-27-12-13-28(3,4)5)21(24-19)18-6-7-20(23-14-18)25-10-8-22-9-11-25/h6-7,14-15,17,22H,8-13,16H2,1-5H3. The Kier molecular flexibility index (Phi) is 6.90. The molecule has 3 rings (SSSR count). The second kappa shape index (κ2) is 9.20. The van der Waals surface area contributed by atoms with Crippen LogP contribution in [0.15, 0.2) is 24.5 Å². The normalized spacial score (nSPS) is 15.4. The van der Waals surface area contributed by atoms with Gasteiger partial charge in [-0.1, -0.05) is 33.5 Å². The van der Waals surface area contributed by atoms with Gasteiger partial charge < -0.3 is 19.5 Å². The summed E-state index contributed by atoms with van der Waals surface area (Å²) in [6.07, 6.45) is 4.07. The van der Waals surface area contributed by atoms with E-state index in [-0.39, 0.29) is 0 Å². The summed E-state index contributed by atoms with van der Waals surface area (Å²) in [6.45, 7) is 16.9. The molecule has 0 amide bonds. The van der Waals surface area contributed by atoms with Crippen molar-refractivity contribution in [1.82, 2.24) is 19.9 Å². The number of rotatable bonds is 8. The minimum atomic E-state index is -1.08. The van der Waals surface area contributed by atoms with E-state index in [9.17, 15) is 0 Å². The van der Waals surface area contributed by atoms with Gasteiger partial charge in [-0.25, -0.2) is 9.97 Å². The maximum absolute atomic E-state index is 5.99. The lowest BCUT2D eigenvalue weighted by Crippen LogP contribution is -2.43. The third kappa shape index (κ3) is 5.65. The van der Waals surface area contributed by atoms with E-state index < -0.39 is 8.07 Å². The van der Waals surface area contributed by atoms with Gasteiger partial charge in [0.15, 0.2) is 0 Å². The van der Waals surface area contributed by atoms with Crippen molar-refractivity contribution in [2.45, 2.75) is 52.2 Å². The molecule has 0 bridgehead atoms. The van der Waals surface area contributed by atoms with Gasteiger partial charge in [-0.05, 0) is 24.1 Å². The van der Waals surface area contributed by atoms with Crippen molar-refractivity contribution in [3.63, 3.8) is 0 Å². The highest BCUT2D eigenvalue weighted by Crippen LogP contribution is 2.24. The van der Waals surface area contributed by atoms with Gasteiger partial charge in [0.25, 0.3) is 0 Å². The molecule has 0 unspecified atom stereocenters. The van der Waals surface area contributed by atoms with Crippen LogP contribution in [0.1, 0.15) is 25.5 Å². The molecule has 1 aliphatic rings. The van der Waals surface area contributed by atoms with Crippen LogP contribution in [0.3, 0.4) is 0 Å². The average molecular weight is 402 g/mol. The monoisotopic (exact) mass is 401 g/mol. The minimum absolute atomic E-state index is 0.384. The van der Waals surface area contributed by atoms with Crippen molar-refractivity contribution in [2.24, 2.45) is 0 Å². The zero-order valence-corrected chi connectivity index (χ0v) is 19.0. The maximum atomic E-state index is 5.99. The smallest absolute Gasteiger partial charge is 0.143 e. The van der Waals surface area contributed by atoms with Crippen LogP contribution >= 0.6 is 0 Å². The number of hydrogen-bond donors (Lipinski definition) is 1. The van der Waals surface area contributed by atoms with Crippen LogP contribution in [0.2, 0.25) is 25.7 Å². The Bertz CT molecular complexity index is 745. The number of nitrogens with one attached hydrogen (secondary N) is 1. The maximum Gasteiger partial charge on any atom is 0.143 e. The lowest BCUT2D eigenvalue weighted by atomic mass is 10.2. The van der Waals surface area contributed by atoms with E-state index in [0.29, 0.717) is 12.6 Å². The van der Waals surface area contributed by atoms with E-state index in [1.807, 2.05) is 6.20 Å². The number of imidazole rings is 1. The van der Waals surface area contributed by atoms with Crippen LogP contribution in [0.5, 0.6) is 0 Å². The first kappa shape index (κ1) is 21.0. The van der Waals surface area contributed by atoms with Gasteiger partial charge in [-0.15, -0.1) is 0 Å². The van der Waals surface area contributed by atoms with E-state index in [2.05, 4.69) is 66.6 Å². The van der Waals surface area contributed by atoms with Crippen LogP contribution < -0.4 is 10.2 Å². The molecular weight excluding hydrogens is 366 g/mol. The van der Waals surface area contributed by atoms with Crippen molar-refractivity contribution < 1.29 is 4.74 Å². The molecule has 154 valence electrons. The molecule has 0 radical (unpaired) electrons. The predicted octanol–water partition coefficient (Wildman–Crippen LogP) is 3.79. The zero-order chi connectivity index (χ0) is 20.1. The van der Waals surface area contributed by atoms with Crippen LogP contribution in [-0.2, 0) is 11.5 Å². The fraction of sp³-hybridized carbons (Fsp3) is 0.619.